The summed E-state index contributed by atoms with van der Waals surface area (Å²) in [7, 11) is 0. The molecule has 0 bridgehead atoms. The van der Waals surface area contributed by atoms with Crippen molar-refractivity contribution in [2.45, 2.75) is 12.8 Å². The lowest BCUT2D eigenvalue weighted by molar-refractivity contribution is 0.0669. The van der Waals surface area contributed by atoms with E-state index in [0.29, 0.717) is 11.6 Å². The topological polar surface area (TPSA) is 70.0 Å². The van der Waals surface area contributed by atoms with Crippen molar-refractivity contribution >= 4 is 17.5 Å². The van der Waals surface area contributed by atoms with Crippen molar-refractivity contribution in [1.82, 2.24) is 24.7 Å². The van der Waals surface area contributed by atoms with Gasteiger partial charge < -0.3 is 15.1 Å². The third kappa shape index (κ3) is 2.70. The Balaban J connectivity index is 1.38. The van der Waals surface area contributed by atoms with E-state index in [0.717, 1.165) is 51.1 Å². The van der Waals surface area contributed by atoms with E-state index in [1.54, 1.807) is 10.7 Å². The molecule has 7 nitrogen and oxygen atoms in total. The first-order chi connectivity index (χ1) is 11.7. The van der Waals surface area contributed by atoms with Crippen molar-refractivity contribution in [1.29, 1.82) is 0 Å². The van der Waals surface area contributed by atoms with E-state index in [-0.39, 0.29) is 11.9 Å². The second-order valence-electron chi connectivity index (χ2n) is 6.49. The van der Waals surface area contributed by atoms with Gasteiger partial charge in [-0.05, 0) is 43.0 Å². The van der Waals surface area contributed by atoms with Crippen LogP contribution in [0.4, 0.5) is 4.79 Å². The van der Waals surface area contributed by atoms with Gasteiger partial charge in [0.05, 0.1) is 5.52 Å². The van der Waals surface area contributed by atoms with Crippen LogP contribution in [0.25, 0.3) is 5.52 Å². The van der Waals surface area contributed by atoms with Crippen molar-refractivity contribution in [3.8, 4) is 0 Å². The summed E-state index contributed by atoms with van der Waals surface area (Å²) in [5.74, 6) is 0.506. The number of amides is 3. The van der Waals surface area contributed by atoms with E-state index < -0.39 is 0 Å². The predicted octanol–water partition coefficient (Wildman–Crippen LogP) is 1.21. The van der Waals surface area contributed by atoms with Gasteiger partial charge in [-0.2, -0.15) is 5.10 Å². The van der Waals surface area contributed by atoms with Gasteiger partial charge in [-0.15, -0.1) is 0 Å². The highest BCUT2D eigenvalue weighted by atomic mass is 16.2. The minimum Gasteiger partial charge on any atom is -0.337 e. The van der Waals surface area contributed by atoms with E-state index in [1.807, 2.05) is 34.1 Å². The van der Waals surface area contributed by atoms with Gasteiger partial charge >= 0.3 is 6.03 Å². The second kappa shape index (κ2) is 6.14. The molecule has 2 aliphatic rings. The number of nitrogens with one attached hydrogen (secondary N) is 1. The second-order valence-corrected chi connectivity index (χ2v) is 6.49. The number of fused-ring (bicyclic) bond motifs is 1. The fourth-order valence-electron chi connectivity index (χ4n) is 3.59. The Morgan fingerprint density at radius 1 is 1.21 bits per heavy atom. The van der Waals surface area contributed by atoms with Crippen molar-refractivity contribution in [3.63, 3.8) is 0 Å². The summed E-state index contributed by atoms with van der Waals surface area (Å²) in [5.41, 5.74) is 1.54. The average molecular weight is 327 g/mol. The summed E-state index contributed by atoms with van der Waals surface area (Å²) in [6.45, 7) is 3.80. The summed E-state index contributed by atoms with van der Waals surface area (Å²) in [4.78, 5) is 28.2. The first kappa shape index (κ1) is 15.0. The highest BCUT2D eigenvalue weighted by molar-refractivity contribution is 5.93. The van der Waals surface area contributed by atoms with Crippen LogP contribution in [0.5, 0.6) is 0 Å². The number of hydrogen-bond donors (Lipinski definition) is 1. The third-order valence-electron chi connectivity index (χ3n) is 4.96. The minimum atomic E-state index is 0.0334. The summed E-state index contributed by atoms with van der Waals surface area (Å²) in [5, 5.41) is 7.10. The summed E-state index contributed by atoms with van der Waals surface area (Å²) in [6.07, 6.45) is 3.57. The van der Waals surface area contributed by atoms with Gasteiger partial charge in [0.15, 0.2) is 0 Å². The molecule has 3 amide bonds. The molecule has 126 valence electrons. The third-order valence-corrected chi connectivity index (χ3v) is 4.96. The minimum absolute atomic E-state index is 0.0334. The van der Waals surface area contributed by atoms with Crippen LogP contribution in [-0.4, -0.2) is 64.1 Å². The van der Waals surface area contributed by atoms with Gasteiger partial charge in [0.25, 0.3) is 5.91 Å². The molecule has 24 heavy (non-hydrogen) atoms. The van der Waals surface area contributed by atoms with Gasteiger partial charge in [-0.25, -0.2) is 9.31 Å². The molecule has 0 atom stereocenters. The zero-order chi connectivity index (χ0) is 16.5. The number of urea groups is 1. The van der Waals surface area contributed by atoms with Crippen molar-refractivity contribution in [2.24, 2.45) is 5.92 Å². The molecule has 1 N–H and O–H groups in total. The van der Waals surface area contributed by atoms with Crippen LogP contribution in [0.15, 0.2) is 30.5 Å². The lowest BCUT2D eigenvalue weighted by atomic mass is 9.96. The molecule has 2 saturated heterocycles. The number of nitrogens with zero attached hydrogens (tertiary/aromatic N) is 4. The fraction of sp³-hybridized carbons (Fsp3) is 0.471. The molecule has 2 aromatic rings. The lowest BCUT2D eigenvalue weighted by Crippen LogP contribution is -2.42. The Labute approximate surface area is 140 Å². The number of rotatable bonds is 3. The number of likely N-dealkylation sites (tertiary alicyclic amines) is 1. The Bertz CT molecular complexity index is 763. The van der Waals surface area contributed by atoms with Crippen LogP contribution in [-0.2, 0) is 0 Å². The van der Waals surface area contributed by atoms with E-state index >= 15 is 0 Å². The number of piperidine rings is 1. The molecule has 2 aliphatic heterocycles. The monoisotopic (exact) mass is 327 g/mol. The molecule has 0 aromatic carbocycles. The van der Waals surface area contributed by atoms with Crippen molar-refractivity contribution < 1.29 is 9.59 Å². The largest absolute Gasteiger partial charge is 0.337 e. The van der Waals surface area contributed by atoms with Gasteiger partial charge in [0.1, 0.15) is 5.69 Å². The quantitative estimate of drug-likeness (QED) is 0.921. The zero-order valence-electron chi connectivity index (χ0n) is 13.5. The Morgan fingerprint density at radius 2 is 2.04 bits per heavy atom. The number of aromatic nitrogens is 2. The molecule has 0 saturated carbocycles. The number of carbonyl (C=O) groups excluding carboxylic acids is 2. The maximum absolute atomic E-state index is 12.8. The van der Waals surface area contributed by atoms with Gasteiger partial charge in [-0.3, -0.25) is 4.79 Å². The van der Waals surface area contributed by atoms with Crippen LogP contribution >= 0.6 is 0 Å². The molecular weight excluding hydrogens is 306 g/mol. The zero-order valence-corrected chi connectivity index (χ0v) is 13.5. The summed E-state index contributed by atoms with van der Waals surface area (Å²) >= 11 is 0. The predicted molar refractivity (Wildman–Crippen MR) is 88.8 cm³/mol. The molecule has 2 fully saturated rings. The van der Waals surface area contributed by atoms with E-state index in [2.05, 4.69) is 10.4 Å². The van der Waals surface area contributed by atoms with Crippen LogP contribution in [0, 0.1) is 5.92 Å². The molecule has 0 spiro atoms. The van der Waals surface area contributed by atoms with Crippen LogP contribution in [0.3, 0.4) is 0 Å². The number of carbonyl (C=O) groups is 2. The average Bonchev–Trinajstić information content (AvgIpc) is 3.21. The Kier molecular flexibility index (Phi) is 3.84. The number of hydrogen-bond acceptors (Lipinski definition) is 3. The first-order valence-electron chi connectivity index (χ1n) is 8.47. The summed E-state index contributed by atoms with van der Waals surface area (Å²) in [6, 6.07) is 7.60. The van der Waals surface area contributed by atoms with Gasteiger partial charge in [-0.1, -0.05) is 0 Å². The molecule has 4 heterocycles. The van der Waals surface area contributed by atoms with Crippen LogP contribution in [0.1, 0.15) is 23.3 Å². The molecule has 4 rings (SSSR count). The maximum atomic E-state index is 12.8. The molecule has 7 heteroatoms. The normalized spacial score (nSPS) is 19.1. The van der Waals surface area contributed by atoms with E-state index in [1.165, 1.54) is 0 Å². The van der Waals surface area contributed by atoms with Crippen molar-refractivity contribution in [3.05, 3.63) is 36.2 Å². The van der Waals surface area contributed by atoms with E-state index in [4.69, 9.17) is 0 Å². The molecule has 2 aromatic heterocycles. The standard InChI is InChI=1S/C17H21N5O2/c23-16(15-4-3-14-2-1-7-19-22(14)15)20-9-5-13(6-10-20)12-21-11-8-18-17(21)24/h1-4,7,13H,5-6,8-12H2,(H,18,24). The summed E-state index contributed by atoms with van der Waals surface area (Å²) < 4.78 is 1.70. The molecule has 0 aliphatic carbocycles. The SMILES string of the molecule is O=C1NCCN1CC1CCN(C(=O)c2ccc3cccnn23)CC1. The fourth-order valence-corrected chi connectivity index (χ4v) is 3.59. The highest BCUT2D eigenvalue weighted by Crippen LogP contribution is 2.21. The van der Waals surface area contributed by atoms with Crippen LogP contribution < -0.4 is 5.32 Å². The van der Waals surface area contributed by atoms with Crippen molar-refractivity contribution in [2.75, 3.05) is 32.7 Å². The highest BCUT2D eigenvalue weighted by Gasteiger charge is 2.28. The smallest absolute Gasteiger partial charge is 0.317 e. The Hall–Kier alpha value is -2.57. The Morgan fingerprint density at radius 3 is 2.79 bits per heavy atom. The van der Waals surface area contributed by atoms with Gasteiger partial charge in [0, 0.05) is 38.9 Å². The molecular formula is C17H21N5O2. The lowest BCUT2D eigenvalue weighted by Gasteiger charge is -2.33. The van der Waals surface area contributed by atoms with E-state index in [9.17, 15) is 9.59 Å². The molecule has 0 radical (unpaired) electrons. The van der Waals surface area contributed by atoms with Crippen LogP contribution in [0.2, 0.25) is 0 Å². The van der Waals surface area contributed by atoms with Gasteiger partial charge in [0.2, 0.25) is 0 Å². The first-order valence-corrected chi connectivity index (χ1v) is 8.47. The molecule has 0 unspecified atom stereocenters. The maximum Gasteiger partial charge on any atom is 0.317 e.